The Morgan fingerprint density at radius 2 is 2.28 bits per heavy atom. The molecule has 0 bridgehead atoms. The first-order valence-electron chi connectivity index (χ1n) is 8.67. The number of aryl methyl sites for hydroxylation is 2. The Labute approximate surface area is 146 Å². The molecule has 0 radical (unpaired) electrons. The van der Waals surface area contributed by atoms with Crippen molar-refractivity contribution < 1.29 is 9.52 Å². The Morgan fingerprint density at radius 3 is 3.04 bits per heavy atom. The van der Waals surface area contributed by atoms with Crippen LogP contribution in [0.4, 0.5) is 0 Å². The highest BCUT2D eigenvalue weighted by molar-refractivity contribution is 5.19. The van der Waals surface area contributed by atoms with Crippen molar-refractivity contribution >= 4 is 0 Å². The highest BCUT2D eigenvalue weighted by Crippen LogP contribution is 2.22. The summed E-state index contributed by atoms with van der Waals surface area (Å²) >= 11 is 0. The summed E-state index contributed by atoms with van der Waals surface area (Å²) in [5, 5.41) is 15.1. The molecule has 4 heterocycles. The number of hydrogen-bond donors (Lipinski definition) is 1. The summed E-state index contributed by atoms with van der Waals surface area (Å²) in [6, 6.07) is 5.96. The quantitative estimate of drug-likeness (QED) is 0.739. The number of hydrogen-bond acceptors (Lipinski definition) is 5. The van der Waals surface area contributed by atoms with Crippen LogP contribution in [0.25, 0.3) is 0 Å². The van der Waals surface area contributed by atoms with E-state index in [0.717, 1.165) is 50.5 Å². The topological polar surface area (TPSA) is 72.2 Å². The summed E-state index contributed by atoms with van der Waals surface area (Å²) in [4.78, 5) is 6.65. The Morgan fingerprint density at radius 1 is 1.36 bits per heavy atom. The molecule has 0 aromatic carbocycles. The molecule has 0 amide bonds. The second kappa shape index (κ2) is 6.85. The molecule has 1 N–H and O–H groups in total. The van der Waals surface area contributed by atoms with Gasteiger partial charge in [0.05, 0.1) is 24.2 Å². The zero-order valence-electron chi connectivity index (χ0n) is 14.4. The van der Waals surface area contributed by atoms with Crippen LogP contribution in [-0.4, -0.2) is 42.4 Å². The fraction of sp³-hybridized carbons (Fsp3) is 0.444. The van der Waals surface area contributed by atoms with E-state index in [1.165, 1.54) is 0 Å². The average Bonchev–Trinajstić information content (AvgIpc) is 3.34. The summed E-state index contributed by atoms with van der Waals surface area (Å²) in [7, 11) is 1.88. The molecular formula is C18H23N5O2. The van der Waals surface area contributed by atoms with Crippen LogP contribution >= 0.6 is 0 Å². The molecule has 1 atom stereocenters. The molecule has 7 heteroatoms. The summed E-state index contributed by atoms with van der Waals surface area (Å²) in [5.74, 6) is 1.66. The molecule has 0 aliphatic carbocycles. The third-order valence-electron chi connectivity index (χ3n) is 4.76. The molecule has 4 rings (SSSR count). The van der Waals surface area contributed by atoms with Crippen LogP contribution in [0.3, 0.4) is 0 Å². The first-order chi connectivity index (χ1) is 12.2. The zero-order valence-corrected chi connectivity index (χ0v) is 14.4. The smallest absolute Gasteiger partial charge is 0.155 e. The van der Waals surface area contributed by atoms with E-state index >= 15 is 0 Å². The zero-order chi connectivity index (χ0) is 17.2. The molecule has 0 saturated heterocycles. The van der Waals surface area contributed by atoms with Gasteiger partial charge in [0.1, 0.15) is 11.6 Å². The van der Waals surface area contributed by atoms with Gasteiger partial charge in [0, 0.05) is 39.0 Å². The molecule has 3 aromatic rings. The highest BCUT2D eigenvalue weighted by Gasteiger charge is 2.23. The van der Waals surface area contributed by atoms with Crippen molar-refractivity contribution in [3.63, 3.8) is 0 Å². The molecule has 0 saturated carbocycles. The van der Waals surface area contributed by atoms with E-state index in [1.807, 2.05) is 40.7 Å². The Kier molecular flexibility index (Phi) is 4.42. The molecule has 7 nitrogen and oxygen atoms in total. The fourth-order valence-electron chi connectivity index (χ4n) is 3.37. The SMILES string of the molecule is Cn1ccnc1[C@H](O)c1cc2n(n1)CCN(CCCc1ccco1)C2. The monoisotopic (exact) mass is 341 g/mol. The molecule has 3 aromatic heterocycles. The van der Waals surface area contributed by atoms with Crippen LogP contribution in [0.1, 0.15) is 35.5 Å². The van der Waals surface area contributed by atoms with E-state index in [-0.39, 0.29) is 0 Å². The normalized spacial score (nSPS) is 16.1. The van der Waals surface area contributed by atoms with Crippen molar-refractivity contribution in [1.82, 2.24) is 24.2 Å². The van der Waals surface area contributed by atoms with Gasteiger partial charge in [-0.15, -0.1) is 0 Å². The van der Waals surface area contributed by atoms with Crippen LogP contribution in [0.5, 0.6) is 0 Å². The minimum atomic E-state index is -0.787. The predicted octanol–water partition coefficient (Wildman–Crippen LogP) is 1.74. The lowest BCUT2D eigenvalue weighted by molar-refractivity contribution is 0.196. The molecule has 0 fully saturated rings. The molecule has 0 spiro atoms. The fourth-order valence-corrected chi connectivity index (χ4v) is 3.37. The van der Waals surface area contributed by atoms with Crippen LogP contribution in [0.2, 0.25) is 0 Å². The summed E-state index contributed by atoms with van der Waals surface area (Å²) in [6.45, 7) is 3.72. The van der Waals surface area contributed by atoms with E-state index in [4.69, 9.17) is 4.42 Å². The van der Waals surface area contributed by atoms with Crippen molar-refractivity contribution in [3.05, 3.63) is 59.8 Å². The number of aliphatic hydroxyl groups is 1. The third kappa shape index (κ3) is 3.38. The predicted molar refractivity (Wildman–Crippen MR) is 91.8 cm³/mol. The minimum absolute atomic E-state index is 0.616. The number of nitrogens with zero attached hydrogens (tertiary/aromatic N) is 5. The first-order valence-corrected chi connectivity index (χ1v) is 8.67. The van der Waals surface area contributed by atoms with Gasteiger partial charge in [0.15, 0.2) is 6.10 Å². The van der Waals surface area contributed by atoms with Gasteiger partial charge >= 0.3 is 0 Å². The van der Waals surface area contributed by atoms with E-state index in [2.05, 4.69) is 15.0 Å². The third-order valence-corrected chi connectivity index (χ3v) is 4.76. The van der Waals surface area contributed by atoms with E-state index in [0.29, 0.717) is 11.5 Å². The number of furan rings is 1. The summed E-state index contributed by atoms with van der Waals surface area (Å²) < 4.78 is 9.21. The average molecular weight is 341 g/mol. The van der Waals surface area contributed by atoms with Gasteiger partial charge in [-0.05, 0) is 31.2 Å². The van der Waals surface area contributed by atoms with Crippen LogP contribution in [0.15, 0.2) is 41.3 Å². The molecule has 1 aliphatic heterocycles. The van der Waals surface area contributed by atoms with Crippen molar-refractivity contribution in [2.45, 2.75) is 32.0 Å². The van der Waals surface area contributed by atoms with E-state index in [9.17, 15) is 5.11 Å². The van der Waals surface area contributed by atoms with Gasteiger partial charge in [-0.1, -0.05) is 0 Å². The van der Waals surface area contributed by atoms with Gasteiger partial charge < -0.3 is 14.1 Å². The van der Waals surface area contributed by atoms with Gasteiger partial charge in [0.2, 0.25) is 0 Å². The number of aromatic nitrogens is 4. The van der Waals surface area contributed by atoms with Crippen molar-refractivity contribution in [3.8, 4) is 0 Å². The van der Waals surface area contributed by atoms with Crippen molar-refractivity contribution in [2.75, 3.05) is 13.1 Å². The Balaban J connectivity index is 1.38. The molecule has 1 aliphatic rings. The molecule has 132 valence electrons. The van der Waals surface area contributed by atoms with Gasteiger partial charge in [-0.25, -0.2) is 4.98 Å². The molecule has 0 unspecified atom stereocenters. The number of aliphatic hydroxyl groups excluding tert-OH is 1. The van der Waals surface area contributed by atoms with Crippen LogP contribution in [-0.2, 0) is 26.6 Å². The van der Waals surface area contributed by atoms with Crippen LogP contribution in [0, 0.1) is 0 Å². The lowest BCUT2D eigenvalue weighted by Crippen LogP contribution is -2.34. The maximum absolute atomic E-state index is 10.5. The minimum Gasteiger partial charge on any atom is -0.469 e. The van der Waals surface area contributed by atoms with Crippen molar-refractivity contribution in [2.24, 2.45) is 7.05 Å². The largest absolute Gasteiger partial charge is 0.469 e. The van der Waals surface area contributed by atoms with Crippen molar-refractivity contribution in [1.29, 1.82) is 0 Å². The molecule has 25 heavy (non-hydrogen) atoms. The summed E-state index contributed by atoms with van der Waals surface area (Å²) in [6.07, 6.45) is 6.50. The van der Waals surface area contributed by atoms with Crippen LogP contribution < -0.4 is 0 Å². The molecular weight excluding hydrogens is 318 g/mol. The lowest BCUT2D eigenvalue weighted by atomic mass is 10.2. The Bertz CT molecular complexity index is 821. The highest BCUT2D eigenvalue weighted by atomic mass is 16.3. The number of rotatable bonds is 6. The Hall–Kier alpha value is -2.38. The van der Waals surface area contributed by atoms with Gasteiger partial charge in [-0.3, -0.25) is 9.58 Å². The second-order valence-electron chi connectivity index (χ2n) is 6.54. The van der Waals surface area contributed by atoms with Gasteiger partial charge in [0.25, 0.3) is 0 Å². The number of fused-ring (bicyclic) bond motifs is 1. The number of imidazole rings is 1. The van der Waals surface area contributed by atoms with E-state index in [1.54, 1.807) is 12.5 Å². The van der Waals surface area contributed by atoms with Gasteiger partial charge in [-0.2, -0.15) is 5.10 Å². The second-order valence-corrected chi connectivity index (χ2v) is 6.54. The first kappa shape index (κ1) is 16.1. The van der Waals surface area contributed by atoms with E-state index < -0.39 is 6.10 Å². The standard InChI is InChI=1S/C18H23N5O2/c1-21-8-6-19-18(21)17(24)16-12-14-13-22(9-10-23(14)20-16)7-2-4-15-5-3-11-25-15/h3,5-6,8,11-12,17,24H,2,4,7,9-10,13H2,1H3/t17-/m1/s1. The lowest BCUT2D eigenvalue weighted by Gasteiger charge is -2.27. The maximum atomic E-state index is 10.5. The summed E-state index contributed by atoms with van der Waals surface area (Å²) in [5.41, 5.74) is 1.81. The maximum Gasteiger partial charge on any atom is 0.155 e.